The SMILES string of the molecule is CC[C@@H](NC(=O)OCC1c2ccccc2-c2ccccc21)C(=O)N(C)c1ccc(C(=O)O)cc1. The number of hydrogen-bond acceptors (Lipinski definition) is 4. The number of nitrogens with one attached hydrogen (secondary N) is 1. The molecule has 0 saturated heterocycles. The molecule has 4 rings (SSSR count). The topological polar surface area (TPSA) is 95.9 Å². The summed E-state index contributed by atoms with van der Waals surface area (Å²) in [4.78, 5) is 38.0. The number of nitrogens with zero attached hydrogens (tertiary/aromatic N) is 1. The second-order valence-corrected chi connectivity index (χ2v) is 8.18. The number of carboxylic acid groups (broad SMARTS) is 1. The van der Waals surface area contributed by atoms with E-state index >= 15 is 0 Å². The summed E-state index contributed by atoms with van der Waals surface area (Å²) in [5.74, 6) is -1.42. The minimum absolute atomic E-state index is 0.0654. The Labute approximate surface area is 198 Å². The lowest BCUT2D eigenvalue weighted by atomic mass is 9.98. The van der Waals surface area contributed by atoms with E-state index in [-0.39, 0.29) is 24.0 Å². The third-order valence-electron chi connectivity index (χ3n) is 6.17. The highest BCUT2D eigenvalue weighted by Crippen LogP contribution is 2.44. The number of alkyl carbamates (subject to hydrolysis) is 1. The number of ether oxygens (including phenoxy) is 1. The summed E-state index contributed by atoms with van der Waals surface area (Å²) in [6.07, 6.45) is -0.280. The zero-order valence-corrected chi connectivity index (χ0v) is 19.0. The highest BCUT2D eigenvalue weighted by Gasteiger charge is 2.30. The maximum atomic E-state index is 13.0. The van der Waals surface area contributed by atoms with E-state index in [0.717, 1.165) is 22.3 Å². The molecule has 7 heteroatoms. The van der Waals surface area contributed by atoms with Gasteiger partial charge in [0.1, 0.15) is 12.6 Å². The molecule has 1 aliphatic rings. The van der Waals surface area contributed by atoms with Crippen LogP contribution in [0.1, 0.15) is 40.7 Å². The molecule has 0 aromatic heterocycles. The number of benzene rings is 3. The van der Waals surface area contributed by atoms with Crippen LogP contribution in [0.4, 0.5) is 10.5 Å². The van der Waals surface area contributed by atoms with Crippen LogP contribution in [0.2, 0.25) is 0 Å². The highest BCUT2D eigenvalue weighted by molar-refractivity contribution is 5.98. The van der Waals surface area contributed by atoms with Crippen LogP contribution in [0.3, 0.4) is 0 Å². The predicted octanol–water partition coefficient (Wildman–Crippen LogP) is 4.66. The van der Waals surface area contributed by atoms with E-state index in [1.165, 1.54) is 17.0 Å². The smallest absolute Gasteiger partial charge is 0.407 e. The van der Waals surface area contributed by atoms with Crippen molar-refractivity contribution in [2.45, 2.75) is 25.3 Å². The summed E-state index contributed by atoms with van der Waals surface area (Å²) >= 11 is 0. The van der Waals surface area contributed by atoms with Crippen LogP contribution >= 0.6 is 0 Å². The van der Waals surface area contributed by atoms with Gasteiger partial charge in [0, 0.05) is 18.7 Å². The molecule has 0 fully saturated rings. The van der Waals surface area contributed by atoms with Gasteiger partial charge in [-0.3, -0.25) is 4.79 Å². The zero-order valence-electron chi connectivity index (χ0n) is 19.0. The van der Waals surface area contributed by atoms with Gasteiger partial charge in [-0.05, 0) is 52.9 Å². The van der Waals surface area contributed by atoms with Crippen molar-refractivity contribution in [3.63, 3.8) is 0 Å². The van der Waals surface area contributed by atoms with Crippen molar-refractivity contribution in [3.05, 3.63) is 89.5 Å². The summed E-state index contributed by atoms with van der Waals surface area (Å²) < 4.78 is 5.56. The van der Waals surface area contributed by atoms with Crippen LogP contribution in [0.5, 0.6) is 0 Å². The van der Waals surface area contributed by atoms with Gasteiger partial charge in [-0.15, -0.1) is 0 Å². The van der Waals surface area contributed by atoms with Crippen molar-refractivity contribution in [3.8, 4) is 11.1 Å². The van der Waals surface area contributed by atoms with Crippen LogP contribution < -0.4 is 10.2 Å². The van der Waals surface area contributed by atoms with Crippen molar-refractivity contribution >= 4 is 23.7 Å². The molecule has 1 aliphatic carbocycles. The first-order valence-electron chi connectivity index (χ1n) is 11.1. The molecule has 2 amide bonds. The lowest BCUT2D eigenvalue weighted by Gasteiger charge is -2.24. The first kappa shape index (κ1) is 23.0. The number of carbonyl (C=O) groups excluding carboxylic acids is 2. The molecule has 7 nitrogen and oxygen atoms in total. The van der Waals surface area contributed by atoms with E-state index in [0.29, 0.717) is 12.1 Å². The summed E-state index contributed by atoms with van der Waals surface area (Å²) in [7, 11) is 1.58. The standard InChI is InChI=1S/C27H26N2O5/c1-3-24(25(30)29(2)18-14-12-17(13-15-18)26(31)32)28-27(33)34-16-23-21-10-6-4-8-19(21)20-9-5-7-11-22(20)23/h4-15,23-24H,3,16H2,1-2H3,(H,28,33)(H,31,32)/t24-/m1/s1. The largest absolute Gasteiger partial charge is 0.478 e. The molecular weight excluding hydrogens is 432 g/mol. The molecule has 0 saturated carbocycles. The van der Waals surface area contributed by atoms with E-state index in [1.54, 1.807) is 26.1 Å². The van der Waals surface area contributed by atoms with Crippen LogP contribution in [0.15, 0.2) is 72.8 Å². The second-order valence-electron chi connectivity index (χ2n) is 8.18. The third kappa shape index (κ3) is 4.50. The molecular formula is C27H26N2O5. The Bertz CT molecular complexity index is 1180. The minimum atomic E-state index is -1.04. The fourth-order valence-electron chi connectivity index (χ4n) is 4.31. The Morgan fingerprint density at radius 3 is 2.03 bits per heavy atom. The quantitative estimate of drug-likeness (QED) is 0.537. The molecule has 2 N–H and O–H groups in total. The van der Waals surface area contributed by atoms with Gasteiger partial charge in [0.25, 0.3) is 0 Å². The van der Waals surface area contributed by atoms with E-state index in [1.807, 2.05) is 36.4 Å². The number of carboxylic acids is 1. The molecule has 34 heavy (non-hydrogen) atoms. The average Bonchev–Trinajstić information content (AvgIpc) is 3.19. The van der Waals surface area contributed by atoms with Gasteiger partial charge in [-0.25, -0.2) is 9.59 Å². The number of carbonyl (C=O) groups is 3. The van der Waals surface area contributed by atoms with Gasteiger partial charge in [0.2, 0.25) is 5.91 Å². The van der Waals surface area contributed by atoms with Crippen LogP contribution in [0, 0.1) is 0 Å². The number of aromatic carboxylic acids is 1. The highest BCUT2D eigenvalue weighted by atomic mass is 16.5. The maximum absolute atomic E-state index is 13.0. The number of hydrogen-bond donors (Lipinski definition) is 2. The number of anilines is 1. The van der Waals surface area contributed by atoms with Crippen molar-refractivity contribution in [1.29, 1.82) is 0 Å². The second kappa shape index (κ2) is 9.79. The lowest BCUT2D eigenvalue weighted by molar-refractivity contribution is -0.120. The third-order valence-corrected chi connectivity index (χ3v) is 6.17. The summed E-state index contributed by atoms with van der Waals surface area (Å²) in [6.45, 7) is 1.96. The number of rotatable bonds is 7. The Balaban J connectivity index is 1.40. The van der Waals surface area contributed by atoms with Gasteiger partial charge in [0.05, 0.1) is 5.56 Å². The monoisotopic (exact) mass is 458 g/mol. The molecule has 0 aliphatic heterocycles. The molecule has 0 radical (unpaired) electrons. The summed E-state index contributed by atoms with van der Waals surface area (Å²) in [5, 5.41) is 11.7. The molecule has 1 atom stereocenters. The van der Waals surface area contributed by atoms with E-state index in [9.17, 15) is 14.4 Å². The minimum Gasteiger partial charge on any atom is -0.478 e. The molecule has 0 bridgehead atoms. The molecule has 174 valence electrons. The van der Waals surface area contributed by atoms with Crippen molar-refractivity contribution in [2.75, 3.05) is 18.6 Å². The van der Waals surface area contributed by atoms with E-state index in [4.69, 9.17) is 9.84 Å². The first-order chi connectivity index (χ1) is 16.4. The Morgan fingerprint density at radius 2 is 1.50 bits per heavy atom. The van der Waals surface area contributed by atoms with Crippen LogP contribution in [0.25, 0.3) is 11.1 Å². The van der Waals surface area contributed by atoms with Gasteiger partial charge in [0.15, 0.2) is 0 Å². The van der Waals surface area contributed by atoms with Gasteiger partial charge >= 0.3 is 12.1 Å². The van der Waals surface area contributed by atoms with Gasteiger partial charge in [-0.1, -0.05) is 55.5 Å². The Kier molecular flexibility index (Phi) is 6.63. The lowest BCUT2D eigenvalue weighted by Crippen LogP contribution is -2.47. The van der Waals surface area contributed by atoms with Crippen molar-refractivity contribution in [1.82, 2.24) is 5.32 Å². The van der Waals surface area contributed by atoms with Crippen molar-refractivity contribution in [2.24, 2.45) is 0 Å². The average molecular weight is 459 g/mol. The fourth-order valence-corrected chi connectivity index (χ4v) is 4.31. The van der Waals surface area contributed by atoms with Crippen LogP contribution in [-0.2, 0) is 9.53 Å². The number of amides is 2. The molecule has 0 heterocycles. The predicted molar refractivity (Wildman–Crippen MR) is 129 cm³/mol. The summed E-state index contributed by atoms with van der Waals surface area (Å²) in [5.41, 5.74) is 5.18. The zero-order chi connectivity index (χ0) is 24.2. The van der Waals surface area contributed by atoms with Crippen LogP contribution in [-0.4, -0.2) is 42.8 Å². The maximum Gasteiger partial charge on any atom is 0.407 e. The Morgan fingerprint density at radius 1 is 0.941 bits per heavy atom. The molecule has 0 unspecified atom stereocenters. The van der Waals surface area contributed by atoms with Gasteiger partial charge < -0.3 is 20.1 Å². The van der Waals surface area contributed by atoms with E-state index in [2.05, 4.69) is 17.4 Å². The first-order valence-corrected chi connectivity index (χ1v) is 11.1. The Hall–Kier alpha value is -4.13. The number of likely N-dealkylation sites (N-methyl/N-ethyl adjacent to an activating group) is 1. The molecule has 3 aromatic carbocycles. The normalized spacial score (nSPS) is 12.9. The molecule has 3 aromatic rings. The fraction of sp³-hybridized carbons (Fsp3) is 0.222. The van der Waals surface area contributed by atoms with Gasteiger partial charge in [-0.2, -0.15) is 0 Å². The van der Waals surface area contributed by atoms with Crippen molar-refractivity contribution < 1.29 is 24.2 Å². The van der Waals surface area contributed by atoms with E-state index < -0.39 is 18.1 Å². The summed E-state index contributed by atoms with van der Waals surface area (Å²) in [6, 6.07) is 21.4. The number of fused-ring (bicyclic) bond motifs is 3. The molecule has 0 spiro atoms.